The molecule has 0 fully saturated rings. The molecule has 0 aromatic heterocycles. The number of nitrogens with one attached hydrogen (secondary N) is 2. The number of benzene rings is 3. The molecule has 4 N–H and O–H groups in total. The lowest BCUT2D eigenvalue weighted by atomic mass is 10.1. The summed E-state index contributed by atoms with van der Waals surface area (Å²) in [6.07, 6.45) is 0. The number of rotatable bonds is 6. The molecule has 3 aromatic carbocycles. The molecule has 1 aliphatic rings. The molecule has 12 heteroatoms. The topological polar surface area (TPSA) is 139 Å². The standard InChI is InChI=1S/C24H18Cl2N4O5S/c1-13-2-3-14(22(31)28-16-6-10-18(11-7-16)36(27,34)35)12-19(13)29-21-20(26)23(32)30(24(21)33)17-8-4-15(25)5-9-17/h2-12,29H,1H3,(H,28,31)(H2,27,34,35). The van der Waals surface area contributed by atoms with Gasteiger partial charge >= 0.3 is 0 Å². The maximum Gasteiger partial charge on any atom is 0.283 e. The monoisotopic (exact) mass is 544 g/mol. The minimum absolute atomic E-state index is 0.0871. The van der Waals surface area contributed by atoms with Crippen molar-refractivity contribution in [2.75, 3.05) is 15.5 Å². The number of aryl methyl sites for hydroxylation is 1. The van der Waals surface area contributed by atoms with E-state index in [1.807, 2.05) is 0 Å². The fraction of sp³-hybridized carbons (Fsp3) is 0.0417. The quantitative estimate of drug-likeness (QED) is 0.401. The van der Waals surface area contributed by atoms with Crippen molar-refractivity contribution in [1.29, 1.82) is 0 Å². The van der Waals surface area contributed by atoms with Crippen LogP contribution in [0.3, 0.4) is 0 Å². The molecule has 9 nitrogen and oxygen atoms in total. The van der Waals surface area contributed by atoms with Crippen LogP contribution in [0.25, 0.3) is 0 Å². The summed E-state index contributed by atoms with van der Waals surface area (Å²) in [6, 6.07) is 16.2. The van der Waals surface area contributed by atoms with E-state index in [9.17, 15) is 22.8 Å². The molecule has 4 rings (SSSR count). The van der Waals surface area contributed by atoms with Crippen molar-refractivity contribution in [3.63, 3.8) is 0 Å². The Kier molecular flexibility index (Phi) is 6.87. The number of primary sulfonamides is 1. The largest absolute Gasteiger partial charge is 0.349 e. The summed E-state index contributed by atoms with van der Waals surface area (Å²) < 4.78 is 22.8. The summed E-state index contributed by atoms with van der Waals surface area (Å²) in [4.78, 5) is 39.3. The lowest BCUT2D eigenvalue weighted by Crippen LogP contribution is -2.32. The predicted molar refractivity (Wildman–Crippen MR) is 137 cm³/mol. The first-order valence-corrected chi connectivity index (χ1v) is 12.6. The molecule has 0 spiro atoms. The molecule has 36 heavy (non-hydrogen) atoms. The van der Waals surface area contributed by atoms with Gasteiger partial charge < -0.3 is 10.6 Å². The van der Waals surface area contributed by atoms with Crippen molar-refractivity contribution >= 4 is 68.0 Å². The number of carbonyl (C=O) groups is 3. The van der Waals surface area contributed by atoms with Gasteiger partial charge in [0.05, 0.1) is 10.6 Å². The molecule has 3 aromatic rings. The predicted octanol–water partition coefficient (Wildman–Crippen LogP) is 3.98. The number of hydrogen-bond donors (Lipinski definition) is 3. The summed E-state index contributed by atoms with van der Waals surface area (Å²) in [6.45, 7) is 1.75. The molecule has 0 atom stereocenters. The Morgan fingerprint density at radius 1 is 0.917 bits per heavy atom. The van der Waals surface area contributed by atoms with Crippen LogP contribution in [0, 0.1) is 6.92 Å². The third-order valence-corrected chi connectivity index (χ3v) is 6.84. The Balaban J connectivity index is 1.55. The Hall–Kier alpha value is -3.70. The summed E-state index contributed by atoms with van der Waals surface area (Å²) >= 11 is 12.1. The minimum atomic E-state index is -3.86. The van der Waals surface area contributed by atoms with E-state index in [2.05, 4.69) is 10.6 Å². The fourth-order valence-corrected chi connectivity index (χ4v) is 4.25. The summed E-state index contributed by atoms with van der Waals surface area (Å²) in [5.41, 5.74) is 1.84. The average molecular weight is 545 g/mol. The number of sulfonamides is 1. The molecule has 0 unspecified atom stereocenters. The average Bonchev–Trinajstić information content (AvgIpc) is 3.04. The Bertz CT molecular complexity index is 1540. The second kappa shape index (κ2) is 9.75. The maximum absolute atomic E-state index is 13.0. The molecule has 184 valence electrons. The van der Waals surface area contributed by atoms with E-state index >= 15 is 0 Å². The van der Waals surface area contributed by atoms with E-state index in [0.717, 1.165) is 4.90 Å². The van der Waals surface area contributed by atoms with Crippen LogP contribution >= 0.6 is 23.2 Å². The zero-order valence-corrected chi connectivity index (χ0v) is 20.9. The van der Waals surface area contributed by atoms with Crippen molar-refractivity contribution in [3.8, 4) is 0 Å². The molecular weight excluding hydrogens is 527 g/mol. The smallest absolute Gasteiger partial charge is 0.283 e. The van der Waals surface area contributed by atoms with Crippen LogP contribution in [0.15, 0.2) is 82.4 Å². The van der Waals surface area contributed by atoms with Crippen LogP contribution < -0.4 is 20.7 Å². The second-order valence-electron chi connectivity index (χ2n) is 7.79. The van der Waals surface area contributed by atoms with E-state index in [4.69, 9.17) is 28.3 Å². The number of imide groups is 1. The first-order valence-electron chi connectivity index (χ1n) is 10.3. The summed E-state index contributed by atoms with van der Waals surface area (Å²) in [5, 5.41) is 10.8. The van der Waals surface area contributed by atoms with Gasteiger partial charge in [0.25, 0.3) is 17.7 Å². The number of nitrogens with two attached hydrogens (primary N) is 1. The van der Waals surface area contributed by atoms with E-state index in [1.54, 1.807) is 31.2 Å². The lowest BCUT2D eigenvalue weighted by Gasteiger charge is -2.16. The van der Waals surface area contributed by atoms with Gasteiger partial charge in [0, 0.05) is 22.0 Å². The van der Waals surface area contributed by atoms with Crippen molar-refractivity contribution in [2.45, 2.75) is 11.8 Å². The Labute approximate surface area is 216 Å². The fourth-order valence-electron chi connectivity index (χ4n) is 3.40. The van der Waals surface area contributed by atoms with Crippen LogP contribution in [-0.2, 0) is 19.6 Å². The first kappa shape index (κ1) is 25.4. The molecule has 0 radical (unpaired) electrons. The first-order chi connectivity index (χ1) is 17.0. The van der Waals surface area contributed by atoms with E-state index in [1.165, 1.54) is 42.5 Å². The van der Waals surface area contributed by atoms with Crippen molar-refractivity contribution in [2.24, 2.45) is 5.14 Å². The number of hydrogen-bond acceptors (Lipinski definition) is 6. The number of anilines is 3. The molecule has 1 aliphatic heterocycles. The van der Waals surface area contributed by atoms with Crippen LogP contribution in [-0.4, -0.2) is 26.1 Å². The van der Waals surface area contributed by atoms with Gasteiger partial charge in [0.2, 0.25) is 10.0 Å². The van der Waals surface area contributed by atoms with Gasteiger partial charge in [-0.15, -0.1) is 0 Å². The number of amides is 3. The highest BCUT2D eigenvalue weighted by Gasteiger charge is 2.39. The number of halogens is 2. The summed E-state index contributed by atoms with van der Waals surface area (Å²) in [5.74, 6) is -1.84. The van der Waals surface area contributed by atoms with Gasteiger partial charge in [0.15, 0.2) is 0 Å². The highest BCUT2D eigenvalue weighted by molar-refractivity contribution is 7.89. The zero-order valence-electron chi connectivity index (χ0n) is 18.6. The molecular formula is C24H18Cl2N4O5S. The van der Waals surface area contributed by atoms with Crippen molar-refractivity contribution < 1.29 is 22.8 Å². The lowest BCUT2D eigenvalue weighted by molar-refractivity contribution is -0.120. The van der Waals surface area contributed by atoms with Gasteiger partial charge in [-0.3, -0.25) is 14.4 Å². The van der Waals surface area contributed by atoms with Crippen LogP contribution in [0.4, 0.5) is 17.1 Å². The van der Waals surface area contributed by atoms with Crippen molar-refractivity contribution in [1.82, 2.24) is 0 Å². The van der Waals surface area contributed by atoms with E-state index < -0.39 is 27.7 Å². The molecule has 0 saturated carbocycles. The van der Waals surface area contributed by atoms with Crippen LogP contribution in [0.1, 0.15) is 15.9 Å². The van der Waals surface area contributed by atoms with Gasteiger partial charge in [-0.25, -0.2) is 18.5 Å². The number of carbonyl (C=O) groups excluding carboxylic acids is 3. The zero-order chi connectivity index (χ0) is 26.2. The van der Waals surface area contributed by atoms with E-state index in [-0.39, 0.29) is 21.2 Å². The number of nitrogens with zero attached hydrogens (tertiary/aromatic N) is 1. The third kappa shape index (κ3) is 5.12. The van der Waals surface area contributed by atoms with Crippen molar-refractivity contribution in [3.05, 3.63) is 93.6 Å². The highest BCUT2D eigenvalue weighted by Crippen LogP contribution is 2.31. The maximum atomic E-state index is 13.0. The van der Waals surface area contributed by atoms with Gasteiger partial charge in [0.1, 0.15) is 10.7 Å². The van der Waals surface area contributed by atoms with Gasteiger partial charge in [-0.2, -0.15) is 0 Å². The Morgan fingerprint density at radius 3 is 2.17 bits per heavy atom. The molecule has 0 aliphatic carbocycles. The minimum Gasteiger partial charge on any atom is -0.349 e. The highest BCUT2D eigenvalue weighted by atomic mass is 35.5. The van der Waals surface area contributed by atoms with Gasteiger partial charge in [-0.05, 0) is 73.2 Å². The SMILES string of the molecule is Cc1ccc(C(=O)Nc2ccc(S(N)(=O)=O)cc2)cc1NC1=C(Cl)C(=O)N(c2ccc(Cl)cc2)C1=O. The summed E-state index contributed by atoms with van der Waals surface area (Å²) in [7, 11) is -3.86. The second-order valence-corrected chi connectivity index (χ2v) is 10.2. The molecule has 3 amide bonds. The van der Waals surface area contributed by atoms with Gasteiger partial charge in [-0.1, -0.05) is 29.3 Å². The molecule has 1 heterocycles. The molecule has 0 saturated heterocycles. The Morgan fingerprint density at radius 2 is 1.56 bits per heavy atom. The van der Waals surface area contributed by atoms with Crippen LogP contribution in [0.5, 0.6) is 0 Å². The normalized spacial score (nSPS) is 13.8. The van der Waals surface area contributed by atoms with E-state index in [0.29, 0.717) is 27.6 Å². The van der Waals surface area contributed by atoms with Crippen LogP contribution in [0.2, 0.25) is 5.02 Å². The molecule has 0 bridgehead atoms. The third-order valence-electron chi connectivity index (χ3n) is 5.31.